The number of aryl methyl sites for hydroxylation is 1. The van der Waals surface area contributed by atoms with Gasteiger partial charge in [0.2, 0.25) is 0 Å². The van der Waals surface area contributed by atoms with E-state index in [1.165, 1.54) is 17.2 Å². The second-order valence-electron chi connectivity index (χ2n) is 15.3. The molecule has 0 amide bonds. The molecule has 4 nitrogen and oxygen atoms in total. The molecule has 2 aromatic heterocycles. The third-order valence-corrected chi connectivity index (χ3v) is 9.52. The fraction of sp³-hybridized carbons (Fsp3) is 0.302. The fourth-order valence-electron chi connectivity index (χ4n) is 6.82. The van der Waals surface area contributed by atoms with Crippen molar-refractivity contribution in [2.24, 2.45) is 11.8 Å². The summed E-state index contributed by atoms with van der Waals surface area (Å²) in [4.78, 5) is 20.2. The topological polar surface area (TPSA) is 63.1 Å². The second kappa shape index (κ2) is 24.1. The molecule has 0 bridgehead atoms. The Morgan fingerprint density at radius 2 is 1.26 bits per heavy atom. The number of rotatable bonds is 12. The molecule has 1 aliphatic rings. The van der Waals surface area contributed by atoms with E-state index in [1.807, 2.05) is 95.4 Å². The number of hydrogen-bond acceptors (Lipinski definition) is 4. The molecule has 2 heterocycles. The van der Waals surface area contributed by atoms with Crippen LogP contribution in [-0.2, 0) is 31.3 Å². The summed E-state index contributed by atoms with van der Waals surface area (Å²) in [6.07, 6.45) is 10.9. The Balaban J connectivity index is 0.000000206. The Bertz CT molecular complexity index is 2250. The minimum absolute atomic E-state index is 0. The normalized spacial score (nSPS) is 14.2. The van der Waals surface area contributed by atoms with Gasteiger partial charge in [0, 0.05) is 54.2 Å². The van der Waals surface area contributed by atoms with Crippen LogP contribution in [0.4, 0.5) is 0 Å². The molecule has 1 atom stereocenters. The van der Waals surface area contributed by atoms with Crippen LogP contribution in [0.1, 0.15) is 99.3 Å². The van der Waals surface area contributed by atoms with Gasteiger partial charge < -0.3 is 15.1 Å². The average Bonchev–Trinajstić information content (AvgIpc) is 3.71. The van der Waals surface area contributed by atoms with E-state index < -0.39 is 5.89 Å². The summed E-state index contributed by atoms with van der Waals surface area (Å²) >= 11 is 0. The van der Waals surface area contributed by atoms with Crippen LogP contribution in [0.25, 0.3) is 44.8 Å². The van der Waals surface area contributed by atoms with Gasteiger partial charge in [-0.15, -0.1) is 70.8 Å². The zero-order valence-corrected chi connectivity index (χ0v) is 36.9. The number of pyridine rings is 2. The molecule has 58 heavy (non-hydrogen) atoms. The molecule has 303 valence electrons. The van der Waals surface area contributed by atoms with Gasteiger partial charge in [0.15, 0.2) is 5.78 Å². The van der Waals surface area contributed by atoms with E-state index in [0.717, 1.165) is 76.9 Å². The SMILES string of the molecule is CC(C)CC(=O)/C=C(\O)CC(C)C.[2H]C(CC)c1ccnc(-c2[c-]ccc(-c3ccccc3)c2)c1.[2H]C1(c2ccnc(-c3[c-]ccc(-c4ccccc4)c3)c2)CCCC1.[Ir]. The van der Waals surface area contributed by atoms with Gasteiger partial charge in [0.25, 0.3) is 0 Å². The first-order valence-corrected chi connectivity index (χ1v) is 20.4. The number of hydrogen-bond donors (Lipinski definition) is 1. The molecular formula is C53H58IrN2O2-2. The standard InChI is InChI=1S/C22H20N.C20H18N.C11H20O2.Ir/c1-2-7-17(8-3-1)19-11-6-12-21(15-19)22-16-20(13-14-23-22)18-9-4-5-10-18;1-2-7-16-12-13-21-20(14-16)19-11-6-10-18(15-19)17-8-4-3-5-9-17;1-8(2)5-10(12)7-11(13)6-9(3)4;/h1-3,6-8,11,13-16,18H,4-5,9-10H2;3-6,8-10,12-15H,2,7H2,1H3;7-9,12H,5-6H2,1-4H3;/q2*-1;;/b;;10-7-;/i18D;7D;;. The third-order valence-electron chi connectivity index (χ3n) is 9.52. The van der Waals surface area contributed by atoms with Crippen LogP contribution in [0.5, 0.6) is 0 Å². The predicted molar refractivity (Wildman–Crippen MR) is 238 cm³/mol. The van der Waals surface area contributed by atoms with Crippen molar-refractivity contribution in [3.8, 4) is 44.8 Å². The first kappa shape index (κ1) is 42.6. The van der Waals surface area contributed by atoms with Crippen molar-refractivity contribution in [1.82, 2.24) is 9.97 Å². The van der Waals surface area contributed by atoms with E-state index in [-0.39, 0.29) is 38.0 Å². The van der Waals surface area contributed by atoms with Crippen LogP contribution in [0.15, 0.2) is 146 Å². The summed E-state index contributed by atoms with van der Waals surface area (Å²) in [5.41, 5.74) is 10.5. The number of benzene rings is 4. The quantitative estimate of drug-likeness (QED) is 0.0754. The van der Waals surface area contributed by atoms with E-state index in [4.69, 9.17) is 2.74 Å². The zero-order chi connectivity index (χ0) is 42.2. The molecule has 0 spiro atoms. The fourth-order valence-corrected chi connectivity index (χ4v) is 6.82. The molecule has 1 aliphatic carbocycles. The van der Waals surface area contributed by atoms with Crippen molar-refractivity contribution >= 4 is 5.78 Å². The number of carbonyl (C=O) groups excluding carboxylic acids is 1. The van der Waals surface area contributed by atoms with Crippen molar-refractivity contribution < 1.29 is 32.7 Å². The van der Waals surface area contributed by atoms with Crippen LogP contribution in [0.2, 0.25) is 0 Å². The molecule has 1 radical (unpaired) electrons. The summed E-state index contributed by atoms with van der Waals surface area (Å²) < 4.78 is 16.8. The number of aromatic nitrogens is 2. The molecule has 1 saturated carbocycles. The Kier molecular flexibility index (Phi) is 17.7. The first-order valence-electron chi connectivity index (χ1n) is 21.4. The Labute approximate surface area is 364 Å². The molecule has 0 saturated heterocycles. The monoisotopic (exact) mass is 949 g/mol. The van der Waals surface area contributed by atoms with Gasteiger partial charge in [0.1, 0.15) is 0 Å². The van der Waals surface area contributed by atoms with E-state index in [9.17, 15) is 9.90 Å². The summed E-state index contributed by atoms with van der Waals surface area (Å²) in [5, 5.41) is 9.34. The third kappa shape index (κ3) is 14.8. The van der Waals surface area contributed by atoms with Crippen LogP contribution < -0.4 is 0 Å². The van der Waals surface area contributed by atoms with Crippen molar-refractivity contribution in [3.05, 3.63) is 169 Å². The molecule has 5 heteroatoms. The largest absolute Gasteiger partial charge is 0.512 e. The number of aliphatic hydroxyl groups excluding tert-OH is 1. The predicted octanol–water partition coefficient (Wildman–Crippen LogP) is 14.1. The summed E-state index contributed by atoms with van der Waals surface area (Å²) in [7, 11) is 0. The number of ketones is 1. The second-order valence-corrected chi connectivity index (χ2v) is 15.3. The van der Waals surface area contributed by atoms with Gasteiger partial charge in [-0.1, -0.05) is 138 Å². The molecule has 4 aromatic carbocycles. The van der Waals surface area contributed by atoms with Crippen molar-refractivity contribution in [2.45, 2.75) is 91.9 Å². The van der Waals surface area contributed by atoms with Gasteiger partial charge in [-0.05, 0) is 71.6 Å². The number of carbonyl (C=O) groups is 1. The van der Waals surface area contributed by atoms with E-state index >= 15 is 0 Å². The number of nitrogens with zero attached hydrogens (tertiary/aromatic N) is 2. The minimum Gasteiger partial charge on any atom is -0.512 e. The van der Waals surface area contributed by atoms with Gasteiger partial charge in [-0.2, -0.15) is 0 Å². The minimum atomic E-state index is -0.436. The molecule has 1 unspecified atom stereocenters. The maximum atomic E-state index is 11.2. The molecule has 1 N–H and O–H groups in total. The number of aliphatic hydroxyl groups is 1. The van der Waals surface area contributed by atoms with Crippen molar-refractivity contribution in [3.63, 3.8) is 0 Å². The molecular weight excluding hydrogens is 889 g/mol. The van der Waals surface area contributed by atoms with Crippen LogP contribution in [0, 0.1) is 24.0 Å². The molecule has 6 aromatic rings. The maximum absolute atomic E-state index is 11.2. The Hall–Kier alpha value is -4.96. The van der Waals surface area contributed by atoms with Gasteiger partial charge in [-0.3, -0.25) is 4.79 Å². The average molecular weight is 949 g/mol. The van der Waals surface area contributed by atoms with Gasteiger partial charge in [0.05, 0.1) is 5.76 Å². The summed E-state index contributed by atoms with van der Waals surface area (Å²) in [5.74, 6) is 0.543. The van der Waals surface area contributed by atoms with Gasteiger partial charge >= 0.3 is 0 Å². The van der Waals surface area contributed by atoms with E-state index in [2.05, 4.69) is 88.8 Å². The summed E-state index contributed by atoms with van der Waals surface area (Å²) in [6, 6.07) is 47.5. The number of allylic oxidation sites excluding steroid dienone is 2. The zero-order valence-electron chi connectivity index (χ0n) is 36.5. The molecule has 0 aliphatic heterocycles. The summed E-state index contributed by atoms with van der Waals surface area (Å²) in [6.45, 7) is 10.0. The van der Waals surface area contributed by atoms with E-state index in [1.54, 1.807) is 6.20 Å². The smallest absolute Gasteiger partial charge is 0.159 e. The van der Waals surface area contributed by atoms with Gasteiger partial charge in [-0.25, -0.2) is 0 Å². The molecule has 7 rings (SSSR count). The molecule has 1 fully saturated rings. The van der Waals surface area contributed by atoms with Crippen LogP contribution >= 0.6 is 0 Å². The van der Waals surface area contributed by atoms with Crippen molar-refractivity contribution in [2.75, 3.05) is 0 Å². The van der Waals surface area contributed by atoms with Crippen LogP contribution in [-0.4, -0.2) is 20.9 Å². The Morgan fingerprint density at radius 1 is 0.741 bits per heavy atom. The Morgan fingerprint density at radius 3 is 1.78 bits per heavy atom. The van der Waals surface area contributed by atoms with Crippen molar-refractivity contribution in [1.29, 1.82) is 0 Å². The maximum Gasteiger partial charge on any atom is 0.159 e. The van der Waals surface area contributed by atoms with E-state index in [0.29, 0.717) is 24.7 Å². The van der Waals surface area contributed by atoms with Crippen LogP contribution in [0.3, 0.4) is 0 Å². The first-order chi connectivity index (χ1) is 28.4.